The van der Waals surface area contributed by atoms with E-state index < -0.39 is 12.1 Å². The normalized spacial score (nSPS) is 18.3. The van der Waals surface area contributed by atoms with Gasteiger partial charge in [0.15, 0.2) is 11.5 Å². The molecule has 3 aromatic rings. The zero-order chi connectivity index (χ0) is 25.0. The first-order chi connectivity index (χ1) is 16.7. The minimum atomic E-state index is -5.08. The molecule has 0 aromatic carbocycles. The number of nitrogens with zero attached hydrogens (tertiary/aromatic N) is 6. The van der Waals surface area contributed by atoms with Crippen LogP contribution in [-0.2, 0) is 4.79 Å². The Labute approximate surface area is 199 Å². The number of piperidine rings is 1. The maximum atomic E-state index is 12.8. The monoisotopic (exact) mass is 490 g/mol. The standard InChI is InChI=1S/C21H24N6O.C2HF3O2/c28-21(18-7-1-2-10-22-18)26-13-5-6-16(14-26)20-23-19-9-8-17(15-27(19)24-20)25-11-3-4-12-25;3-2(4,5)1(6)7/h1-2,7-10,15-16H,3-6,11-14H2;(H,6,7). The average Bonchev–Trinajstić information content (AvgIpc) is 3.54. The number of rotatable bonds is 3. The van der Waals surface area contributed by atoms with Gasteiger partial charge in [-0.15, -0.1) is 0 Å². The van der Waals surface area contributed by atoms with Crippen molar-refractivity contribution in [1.29, 1.82) is 0 Å². The van der Waals surface area contributed by atoms with Crippen LogP contribution in [0.2, 0.25) is 0 Å². The number of amides is 1. The molecule has 3 aromatic heterocycles. The van der Waals surface area contributed by atoms with Gasteiger partial charge in [0.05, 0.1) is 11.9 Å². The van der Waals surface area contributed by atoms with Crippen LogP contribution in [0.15, 0.2) is 42.7 Å². The van der Waals surface area contributed by atoms with Gasteiger partial charge < -0.3 is 14.9 Å². The summed E-state index contributed by atoms with van der Waals surface area (Å²) in [7, 11) is 0. The summed E-state index contributed by atoms with van der Waals surface area (Å²) < 4.78 is 33.6. The second kappa shape index (κ2) is 10.3. The van der Waals surface area contributed by atoms with Gasteiger partial charge in [0, 0.05) is 38.3 Å². The van der Waals surface area contributed by atoms with Crippen LogP contribution in [0.1, 0.15) is 47.9 Å². The average molecular weight is 490 g/mol. The van der Waals surface area contributed by atoms with Gasteiger partial charge >= 0.3 is 12.1 Å². The van der Waals surface area contributed by atoms with E-state index in [1.54, 1.807) is 12.3 Å². The molecule has 1 amide bonds. The summed E-state index contributed by atoms with van der Waals surface area (Å²) >= 11 is 0. The van der Waals surface area contributed by atoms with Crippen molar-refractivity contribution in [2.45, 2.75) is 37.8 Å². The van der Waals surface area contributed by atoms with Crippen LogP contribution in [0.25, 0.3) is 5.65 Å². The largest absolute Gasteiger partial charge is 0.490 e. The fourth-order valence-electron chi connectivity index (χ4n) is 4.25. The number of carbonyl (C=O) groups is 2. The van der Waals surface area contributed by atoms with Crippen LogP contribution in [0.5, 0.6) is 0 Å². The van der Waals surface area contributed by atoms with E-state index in [0.717, 1.165) is 43.9 Å². The van der Waals surface area contributed by atoms with Gasteiger partial charge in [-0.2, -0.15) is 18.3 Å². The molecule has 12 heteroatoms. The van der Waals surface area contributed by atoms with Crippen molar-refractivity contribution < 1.29 is 27.9 Å². The Bertz CT molecular complexity index is 1180. The van der Waals surface area contributed by atoms with Gasteiger partial charge in [-0.05, 0) is 49.9 Å². The SMILES string of the molecule is O=C(O)C(F)(F)F.O=C(c1ccccn1)N1CCCC(c2nc3ccc(N4CCCC4)cn3n2)C1. The van der Waals surface area contributed by atoms with Crippen LogP contribution in [-0.4, -0.2) is 73.8 Å². The number of alkyl halides is 3. The number of fused-ring (bicyclic) bond motifs is 1. The number of hydrogen-bond donors (Lipinski definition) is 1. The highest BCUT2D eigenvalue weighted by atomic mass is 19.4. The zero-order valence-electron chi connectivity index (χ0n) is 18.9. The van der Waals surface area contributed by atoms with Crippen molar-refractivity contribution in [3.8, 4) is 0 Å². The molecule has 2 saturated heterocycles. The number of carbonyl (C=O) groups excluding carboxylic acids is 1. The van der Waals surface area contributed by atoms with Gasteiger partial charge in [-0.25, -0.2) is 14.3 Å². The molecule has 9 nitrogen and oxygen atoms in total. The minimum absolute atomic E-state index is 0.00890. The third kappa shape index (κ3) is 5.87. The Morgan fingerprint density at radius 1 is 1.03 bits per heavy atom. The Hall–Kier alpha value is -3.70. The lowest BCUT2D eigenvalue weighted by Crippen LogP contribution is -2.39. The van der Waals surface area contributed by atoms with E-state index in [0.29, 0.717) is 12.2 Å². The summed E-state index contributed by atoms with van der Waals surface area (Å²) in [6.45, 7) is 3.63. The topological polar surface area (TPSA) is 104 Å². The van der Waals surface area contributed by atoms with Crippen molar-refractivity contribution in [1.82, 2.24) is 24.5 Å². The number of aromatic nitrogens is 4. The Morgan fingerprint density at radius 3 is 2.43 bits per heavy atom. The number of halogens is 3. The van der Waals surface area contributed by atoms with E-state index >= 15 is 0 Å². The summed E-state index contributed by atoms with van der Waals surface area (Å²) in [6, 6.07) is 9.63. The number of aliphatic carboxylic acids is 1. The molecule has 1 atom stereocenters. The molecule has 35 heavy (non-hydrogen) atoms. The molecular formula is C23H25F3N6O3. The molecule has 2 aliphatic heterocycles. The molecule has 0 radical (unpaired) electrons. The van der Waals surface area contributed by atoms with E-state index in [4.69, 9.17) is 20.0 Å². The third-order valence-corrected chi connectivity index (χ3v) is 6.00. The van der Waals surface area contributed by atoms with Crippen LogP contribution in [0.4, 0.5) is 18.9 Å². The van der Waals surface area contributed by atoms with Gasteiger partial charge in [-0.1, -0.05) is 6.07 Å². The van der Waals surface area contributed by atoms with Crippen LogP contribution in [0.3, 0.4) is 0 Å². The Morgan fingerprint density at radius 2 is 1.77 bits per heavy atom. The Kier molecular flexibility index (Phi) is 7.17. The molecule has 1 N–H and O–H groups in total. The molecule has 1 unspecified atom stereocenters. The van der Waals surface area contributed by atoms with Crippen molar-refractivity contribution in [2.24, 2.45) is 0 Å². The predicted octanol–water partition coefficient (Wildman–Crippen LogP) is 3.38. The summed E-state index contributed by atoms with van der Waals surface area (Å²) in [4.78, 5) is 34.9. The maximum Gasteiger partial charge on any atom is 0.490 e. The zero-order valence-corrected chi connectivity index (χ0v) is 18.9. The van der Waals surface area contributed by atoms with Gasteiger partial charge in [0.25, 0.3) is 5.91 Å². The van der Waals surface area contributed by atoms with Gasteiger partial charge in [0.2, 0.25) is 0 Å². The second-order valence-electron chi connectivity index (χ2n) is 8.46. The summed E-state index contributed by atoms with van der Waals surface area (Å²) in [5, 5.41) is 11.9. The first kappa shape index (κ1) is 24.4. The van der Waals surface area contributed by atoms with Crippen LogP contribution < -0.4 is 4.90 Å². The lowest BCUT2D eigenvalue weighted by molar-refractivity contribution is -0.192. The highest BCUT2D eigenvalue weighted by molar-refractivity contribution is 5.92. The minimum Gasteiger partial charge on any atom is -0.475 e. The van der Waals surface area contributed by atoms with Crippen molar-refractivity contribution in [3.63, 3.8) is 0 Å². The Balaban J connectivity index is 0.000000364. The predicted molar refractivity (Wildman–Crippen MR) is 120 cm³/mol. The highest BCUT2D eigenvalue weighted by Crippen LogP contribution is 2.27. The smallest absolute Gasteiger partial charge is 0.475 e. The lowest BCUT2D eigenvalue weighted by atomic mass is 9.97. The van der Waals surface area contributed by atoms with Crippen molar-refractivity contribution in [3.05, 3.63) is 54.2 Å². The number of likely N-dealkylation sites (tertiary alicyclic amines) is 1. The number of carboxylic acid groups (broad SMARTS) is 1. The fourth-order valence-corrected chi connectivity index (χ4v) is 4.25. The summed E-state index contributed by atoms with van der Waals surface area (Å²) in [5.74, 6) is -1.77. The van der Waals surface area contributed by atoms with Crippen molar-refractivity contribution in [2.75, 3.05) is 31.1 Å². The summed E-state index contributed by atoms with van der Waals surface area (Å²) in [5.41, 5.74) is 2.57. The van der Waals surface area contributed by atoms with Gasteiger partial charge in [-0.3, -0.25) is 9.78 Å². The molecule has 0 aliphatic carbocycles. The molecule has 5 rings (SSSR count). The first-order valence-corrected chi connectivity index (χ1v) is 11.3. The van der Waals surface area contributed by atoms with Crippen LogP contribution >= 0.6 is 0 Å². The quantitative estimate of drug-likeness (QED) is 0.600. The highest BCUT2D eigenvalue weighted by Gasteiger charge is 2.38. The second-order valence-corrected chi connectivity index (χ2v) is 8.46. The molecule has 5 heterocycles. The number of hydrogen-bond acceptors (Lipinski definition) is 6. The first-order valence-electron chi connectivity index (χ1n) is 11.3. The van der Waals surface area contributed by atoms with E-state index in [9.17, 15) is 18.0 Å². The summed E-state index contributed by atoms with van der Waals surface area (Å²) in [6.07, 6.45) is 3.12. The van der Waals surface area contributed by atoms with Gasteiger partial charge in [0.1, 0.15) is 5.69 Å². The van der Waals surface area contributed by atoms with Crippen molar-refractivity contribution >= 4 is 23.2 Å². The van der Waals surface area contributed by atoms with E-state index in [-0.39, 0.29) is 11.8 Å². The molecule has 2 aliphatic rings. The number of carboxylic acids is 1. The van der Waals surface area contributed by atoms with E-state index in [2.05, 4.69) is 22.1 Å². The lowest BCUT2D eigenvalue weighted by Gasteiger charge is -2.31. The third-order valence-electron chi connectivity index (χ3n) is 6.00. The number of pyridine rings is 2. The number of anilines is 1. The van der Waals surface area contributed by atoms with Crippen LogP contribution in [0, 0.1) is 0 Å². The molecule has 0 spiro atoms. The molecule has 2 fully saturated rings. The fraction of sp³-hybridized carbons (Fsp3) is 0.435. The maximum absolute atomic E-state index is 12.8. The molecular weight excluding hydrogens is 465 g/mol. The molecule has 0 bridgehead atoms. The van der Waals surface area contributed by atoms with E-state index in [1.165, 1.54) is 18.5 Å². The molecule has 186 valence electrons. The molecule has 0 saturated carbocycles. The van der Waals surface area contributed by atoms with E-state index in [1.807, 2.05) is 27.6 Å².